The zero-order valence-electron chi connectivity index (χ0n) is 9.94. The molecule has 0 spiro atoms. The highest BCUT2D eigenvalue weighted by Crippen LogP contribution is 2.31. The Labute approximate surface area is 118 Å². The molecule has 2 nitrogen and oxygen atoms in total. The number of thiazole rings is 1. The summed E-state index contributed by atoms with van der Waals surface area (Å²) in [5.41, 5.74) is 6.34. The summed E-state index contributed by atoms with van der Waals surface area (Å²) in [6, 6.07) is 4.78. The zero-order valence-corrected chi connectivity index (χ0v) is 11.6. The first-order chi connectivity index (χ1) is 8.38. The van der Waals surface area contributed by atoms with Gasteiger partial charge in [-0.05, 0) is 19.1 Å². The summed E-state index contributed by atoms with van der Waals surface area (Å²) in [6.07, 6.45) is -4.31. The van der Waals surface area contributed by atoms with Crippen LogP contribution in [0.5, 0.6) is 0 Å². The molecule has 0 amide bonds. The number of rotatable bonds is 2. The van der Waals surface area contributed by atoms with Crippen molar-refractivity contribution < 1.29 is 13.2 Å². The van der Waals surface area contributed by atoms with E-state index in [1.807, 2.05) is 6.92 Å². The standard InChI is InChI=1S/C12H11F3N2S.ClH/c1-7(16)11-17-10(6-18-11)8-2-4-9(5-3-8)12(13,14)15;/h2-7H,16H2,1H3;1H. The molecular weight excluding hydrogens is 297 g/mol. The Morgan fingerprint density at radius 1 is 1.21 bits per heavy atom. The van der Waals surface area contributed by atoms with Crippen LogP contribution in [0.15, 0.2) is 29.6 Å². The summed E-state index contributed by atoms with van der Waals surface area (Å²) in [5, 5.41) is 2.56. The summed E-state index contributed by atoms with van der Waals surface area (Å²) in [4.78, 5) is 4.28. The Morgan fingerprint density at radius 2 is 1.79 bits per heavy atom. The maximum atomic E-state index is 12.4. The third kappa shape index (κ3) is 3.68. The predicted molar refractivity (Wildman–Crippen MR) is 72.4 cm³/mol. The molecule has 1 unspecified atom stereocenters. The molecule has 1 aromatic carbocycles. The van der Waals surface area contributed by atoms with E-state index >= 15 is 0 Å². The van der Waals surface area contributed by atoms with Crippen molar-refractivity contribution in [1.29, 1.82) is 0 Å². The van der Waals surface area contributed by atoms with Crippen molar-refractivity contribution >= 4 is 23.7 Å². The molecule has 0 bridgehead atoms. The first-order valence-electron chi connectivity index (χ1n) is 5.26. The lowest BCUT2D eigenvalue weighted by atomic mass is 10.1. The highest BCUT2D eigenvalue weighted by Gasteiger charge is 2.30. The molecule has 0 aliphatic carbocycles. The SMILES string of the molecule is CC(N)c1nc(-c2ccc(C(F)(F)F)cc2)cs1.Cl. The molecule has 0 saturated carbocycles. The van der Waals surface area contributed by atoms with Crippen LogP contribution in [0.2, 0.25) is 0 Å². The molecule has 1 aromatic heterocycles. The Hall–Kier alpha value is -1.11. The molecule has 1 atom stereocenters. The third-order valence-electron chi connectivity index (χ3n) is 2.42. The van der Waals surface area contributed by atoms with Gasteiger partial charge in [0.15, 0.2) is 0 Å². The molecule has 0 fully saturated rings. The number of halogens is 4. The number of nitrogens with two attached hydrogens (primary N) is 1. The average molecular weight is 309 g/mol. The monoisotopic (exact) mass is 308 g/mol. The minimum atomic E-state index is -4.31. The quantitative estimate of drug-likeness (QED) is 0.900. The smallest absolute Gasteiger partial charge is 0.322 e. The lowest BCUT2D eigenvalue weighted by Gasteiger charge is -2.06. The van der Waals surface area contributed by atoms with Crippen LogP contribution in [0.4, 0.5) is 13.2 Å². The highest BCUT2D eigenvalue weighted by atomic mass is 35.5. The molecule has 0 aliphatic heterocycles. The molecule has 0 radical (unpaired) electrons. The molecule has 7 heteroatoms. The number of nitrogens with zero attached hydrogens (tertiary/aromatic N) is 1. The largest absolute Gasteiger partial charge is 0.416 e. The molecular formula is C12H12ClF3N2S. The minimum absolute atomic E-state index is 0. The van der Waals surface area contributed by atoms with E-state index in [9.17, 15) is 13.2 Å². The Balaban J connectivity index is 0.00000180. The van der Waals surface area contributed by atoms with Gasteiger partial charge in [0.05, 0.1) is 17.3 Å². The van der Waals surface area contributed by atoms with Crippen LogP contribution in [0.3, 0.4) is 0 Å². The van der Waals surface area contributed by atoms with Gasteiger partial charge in [0.25, 0.3) is 0 Å². The fourth-order valence-electron chi connectivity index (χ4n) is 1.46. The topological polar surface area (TPSA) is 38.9 Å². The van der Waals surface area contributed by atoms with Gasteiger partial charge < -0.3 is 5.73 Å². The van der Waals surface area contributed by atoms with Crippen LogP contribution in [0.1, 0.15) is 23.5 Å². The van der Waals surface area contributed by atoms with Gasteiger partial charge in [-0.25, -0.2) is 4.98 Å². The molecule has 0 aliphatic rings. The van der Waals surface area contributed by atoms with Gasteiger partial charge >= 0.3 is 6.18 Å². The Bertz CT molecular complexity index is 535. The number of benzene rings is 1. The van der Waals surface area contributed by atoms with Crippen LogP contribution < -0.4 is 5.73 Å². The van der Waals surface area contributed by atoms with Gasteiger partial charge in [-0.3, -0.25) is 0 Å². The van der Waals surface area contributed by atoms with Crippen LogP contribution in [-0.2, 0) is 6.18 Å². The summed E-state index contributed by atoms with van der Waals surface area (Å²) in [5.74, 6) is 0. The normalized spacial score (nSPS) is 12.9. The predicted octanol–water partition coefficient (Wildman–Crippen LogP) is 4.27. The Kier molecular flexibility index (Phi) is 4.95. The Morgan fingerprint density at radius 3 is 2.21 bits per heavy atom. The number of hydrogen-bond acceptors (Lipinski definition) is 3. The number of alkyl halides is 3. The molecule has 2 rings (SSSR count). The summed E-state index contributed by atoms with van der Waals surface area (Å²) >= 11 is 1.40. The maximum Gasteiger partial charge on any atom is 0.416 e. The van der Waals surface area contributed by atoms with E-state index in [0.29, 0.717) is 11.3 Å². The van der Waals surface area contributed by atoms with E-state index in [1.54, 1.807) is 5.38 Å². The second kappa shape index (κ2) is 5.90. The van der Waals surface area contributed by atoms with Gasteiger partial charge in [-0.1, -0.05) is 12.1 Å². The zero-order chi connectivity index (χ0) is 13.3. The highest BCUT2D eigenvalue weighted by molar-refractivity contribution is 7.10. The third-order valence-corrected chi connectivity index (χ3v) is 3.47. The van der Waals surface area contributed by atoms with Crippen molar-refractivity contribution in [1.82, 2.24) is 4.98 Å². The van der Waals surface area contributed by atoms with E-state index in [4.69, 9.17) is 5.73 Å². The van der Waals surface area contributed by atoms with Gasteiger partial charge in [0.1, 0.15) is 5.01 Å². The van der Waals surface area contributed by atoms with Gasteiger partial charge in [0.2, 0.25) is 0 Å². The van der Waals surface area contributed by atoms with Gasteiger partial charge in [-0.2, -0.15) is 13.2 Å². The fraction of sp³-hybridized carbons (Fsp3) is 0.250. The summed E-state index contributed by atoms with van der Waals surface area (Å²) < 4.78 is 37.2. The van der Waals surface area contributed by atoms with E-state index in [1.165, 1.54) is 23.5 Å². The van der Waals surface area contributed by atoms with E-state index in [2.05, 4.69) is 4.98 Å². The van der Waals surface area contributed by atoms with E-state index < -0.39 is 11.7 Å². The summed E-state index contributed by atoms with van der Waals surface area (Å²) in [6.45, 7) is 1.81. The first-order valence-corrected chi connectivity index (χ1v) is 6.14. The minimum Gasteiger partial charge on any atom is -0.322 e. The number of aromatic nitrogens is 1. The van der Waals surface area contributed by atoms with Crippen molar-refractivity contribution in [3.8, 4) is 11.3 Å². The van der Waals surface area contributed by atoms with Gasteiger partial charge in [0, 0.05) is 10.9 Å². The van der Waals surface area contributed by atoms with E-state index in [-0.39, 0.29) is 18.4 Å². The van der Waals surface area contributed by atoms with Crippen molar-refractivity contribution in [2.45, 2.75) is 19.1 Å². The van der Waals surface area contributed by atoms with Crippen molar-refractivity contribution in [3.05, 3.63) is 40.2 Å². The fourth-order valence-corrected chi connectivity index (χ4v) is 2.25. The summed E-state index contributed by atoms with van der Waals surface area (Å²) in [7, 11) is 0. The molecule has 0 saturated heterocycles. The molecule has 2 N–H and O–H groups in total. The molecule has 104 valence electrons. The van der Waals surface area contributed by atoms with Crippen molar-refractivity contribution in [2.75, 3.05) is 0 Å². The van der Waals surface area contributed by atoms with E-state index in [0.717, 1.165) is 17.1 Å². The van der Waals surface area contributed by atoms with Crippen LogP contribution >= 0.6 is 23.7 Å². The first kappa shape index (κ1) is 15.9. The molecule has 1 heterocycles. The molecule has 2 aromatic rings. The number of hydrogen-bond donors (Lipinski definition) is 1. The second-order valence-corrected chi connectivity index (χ2v) is 4.82. The lowest BCUT2D eigenvalue weighted by molar-refractivity contribution is -0.137. The second-order valence-electron chi connectivity index (χ2n) is 3.93. The van der Waals surface area contributed by atoms with Crippen LogP contribution in [0.25, 0.3) is 11.3 Å². The van der Waals surface area contributed by atoms with Crippen LogP contribution in [-0.4, -0.2) is 4.98 Å². The lowest BCUT2D eigenvalue weighted by Crippen LogP contribution is -2.04. The van der Waals surface area contributed by atoms with Crippen molar-refractivity contribution in [3.63, 3.8) is 0 Å². The molecule has 19 heavy (non-hydrogen) atoms. The average Bonchev–Trinajstić information content (AvgIpc) is 2.77. The van der Waals surface area contributed by atoms with Crippen LogP contribution in [0, 0.1) is 0 Å². The van der Waals surface area contributed by atoms with Crippen molar-refractivity contribution in [2.24, 2.45) is 5.73 Å². The van der Waals surface area contributed by atoms with Gasteiger partial charge in [-0.15, -0.1) is 23.7 Å². The maximum absolute atomic E-state index is 12.4.